The largest absolute Gasteiger partial charge is 0.393 e. The van der Waals surface area contributed by atoms with Gasteiger partial charge in [-0.2, -0.15) is 0 Å². The lowest BCUT2D eigenvalue weighted by atomic mass is 9.45. The minimum atomic E-state index is -0.526. The minimum absolute atomic E-state index is 0.0368. The zero-order valence-corrected chi connectivity index (χ0v) is 19.4. The Kier molecular flexibility index (Phi) is 5.89. The van der Waals surface area contributed by atoms with Crippen molar-refractivity contribution >= 4 is 11.6 Å². The summed E-state index contributed by atoms with van der Waals surface area (Å²) in [5, 5.41) is 21.0. The van der Waals surface area contributed by atoms with Gasteiger partial charge in [0, 0.05) is 12.5 Å². The highest BCUT2D eigenvalue weighted by atomic mass is 16.7. The molecular formula is C26H38O6. The molecule has 0 aromatic rings. The Labute approximate surface area is 190 Å². The van der Waals surface area contributed by atoms with E-state index < -0.39 is 18.8 Å². The van der Waals surface area contributed by atoms with Gasteiger partial charge in [0.2, 0.25) is 0 Å². The lowest BCUT2D eigenvalue weighted by molar-refractivity contribution is -0.202. The molecule has 4 aliphatic carbocycles. The highest BCUT2D eigenvalue weighted by Crippen LogP contribution is 2.66. The third-order valence-electron chi connectivity index (χ3n) is 9.91. The molecule has 0 amide bonds. The van der Waals surface area contributed by atoms with Gasteiger partial charge in [0.05, 0.1) is 6.10 Å². The molecule has 3 saturated carbocycles. The number of ketones is 2. The topological polar surface area (TPSA) is 93.1 Å². The molecule has 32 heavy (non-hydrogen) atoms. The van der Waals surface area contributed by atoms with Crippen LogP contribution in [0.2, 0.25) is 0 Å². The van der Waals surface area contributed by atoms with E-state index in [1.165, 1.54) is 0 Å². The van der Waals surface area contributed by atoms with Gasteiger partial charge in [-0.3, -0.25) is 9.59 Å². The van der Waals surface area contributed by atoms with Gasteiger partial charge in [0.15, 0.2) is 17.9 Å². The molecule has 5 aliphatic rings. The number of carbonyl (C=O) groups is 2. The summed E-state index contributed by atoms with van der Waals surface area (Å²) in [6.07, 6.45) is 8.16. The second-order valence-corrected chi connectivity index (χ2v) is 11.5. The minimum Gasteiger partial charge on any atom is -0.393 e. The number of hydrogen-bond acceptors (Lipinski definition) is 6. The number of aliphatic hydroxyl groups excluding tert-OH is 2. The molecule has 1 saturated heterocycles. The third kappa shape index (κ3) is 3.44. The molecule has 4 fully saturated rings. The molecule has 9 atom stereocenters. The van der Waals surface area contributed by atoms with E-state index in [1.807, 2.05) is 0 Å². The van der Waals surface area contributed by atoms with Crippen molar-refractivity contribution in [2.75, 3.05) is 13.2 Å². The molecule has 6 nitrogen and oxygen atoms in total. The van der Waals surface area contributed by atoms with Gasteiger partial charge in [-0.15, -0.1) is 0 Å². The smallest absolute Gasteiger partial charge is 0.184 e. The fourth-order valence-electron chi connectivity index (χ4n) is 8.48. The van der Waals surface area contributed by atoms with Gasteiger partial charge in [-0.25, -0.2) is 0 Å². The molecular weight excluding hydrogens is 408 g/mol. The number of carbonyl (C=O) groups excluding carboxylic acids is 2. The van der Waals surface area contributed by atoms with Crippen molar-refractivity contribution in [1.82, 2.24) is 0 Å². The number of aliphatic hydroxyl groups is 2. The Hall–Kier alpha value is -1.08. The summed E-state index contributed by atoms with van der Waals surface area (Å²) in [5.74, 6) is 0.554. The number of ether oxygens (including phenoxy) is 2. The lowest BCUT2D eigenvalue weighted by Crippen LogP contribution is -2.58. The average molecular weight is 447 g/mol. The van der Waals surface area contributed by atoms with E-state index in [4.69, 9.17) is 9.47 Å². The Morgan fingerprint density at radius 1 is 1.19 bits per heavy atom. The first-order valence-corrected chi connectivity index (χ1v) is 12.6. The molecule has 0 spiro atoms. The van der Waals surface area contributed by atoms with Crippen LogP contribution in [-0.4, -0.2) is 53.5 Å². The van der Waals surface area contributed by atoms with E-state index >= 15 is 0 Å². The van der Waals surface area contributed by atoms with Crippen molar-refractivity contribution in [3.05, 3.63) is 11.6 Å². The summed E-state index contributed by atoms with van der Waals surface area (Å²) < 4.78 is 11.9. The first kappa shape index (κ1) is 22.7. The zero-order valence-electron chi connectivity index (χ0n) is 19.4. The van der Waals surface area contributed by atoms with Crippen LogP contribution in [0.4, 0.5) is 0 Å². The molecule has 5 unspecified atom stereocenters. The quantitative estimate of drug-likeness (QED) is 0.689. The summed E-state index contributed by atoms with van der Waals surface area (Å²) in [5.41, 5.74) is 0.626. The molecule has 0 aromatic heterocycles. The van der Waals surface area contributed by atoms with Crippen molar-refractivity contribution in [2.24, 2.45) is 34.5 Å². The maximum absolute atomic E-state index is 12.9. The summed E-state index contributed by atoms with van der Waals surface area (Å²) in [6.45, 7) is 4.65. The van der Waals surface area contributed by atoms with Crippen LogP contribution in [0, 0.1) is 34.5 Å². The van der Waals surface area contributed by atoms with Crippen LogP contribution in [-0.2, 0) is 19.1 Å². The maximum Gasteiger partial charge on any atom is 0.184 e. The maximum atomic E-state index is 12.9. The standard InChI is InChI=1S/C26H38O6/c1-25-13-22(32-23-5-3-4-10-31-23)19(28)11-15(25)6-7-16-17-8-9-18(21(30)14-27)26(17,2)12-20(29)24(16)25/h11,16-18,20,22-24,27,29H,3-10,12-14H2,1-2H3/t16?,17?,18-,20+,22?,23?,24?,25+,26+/m1/s1. The van der Waals surface area contributed by atoms with Crippen LogP contribution in [0.25, 0.3) is 0 Å². The van der Waals surface area contributed by atoms with Crippen molar-refractivity contribution in [1.29, 1.82) is 0 Å². The van der Waals surface area contributed by atoms with Gasteiger partial charge in [0.25, 0.3) is 0 Å². The molecule has 1 heterocycles. The Morgan fingerprint density at radius 2 is 2.00 bits per heavy atom. The highest BCUT2D eigenvalue weighted by molar-refractivity contribution is 5.95. The normalized spacial score (nSPS) is 48.4. The average Bonchev–Trinajstić information content (AvgIpc) is 3.11. The summed E-state index contributed by atoms with van der Waals surface area (Å²) in [6, 6.07) is 0. The van der Waals surface area contributed by atoms with Crippen LogP contribution in [0.15, 0.2) is 11.6 Å². The number of Topliss-reactive ketones (excluding diaryl/α,β-unsaturated/α-hetero) is 1. The van der Waals surface area contributed by atoms with Crippen LogP contribution in [0.1, 0.15) is 71.6 Å². The van der Waals surface area contributed by atoms with E-state index in [0.29, 0.717) is 31.3 Å². The summed E-state index contributed by atoms with van der Waals surface area (Å²) in [7, 11) is 0. The van der Waals surface area contributed by atoms with Gasteiger partial charge in [-0.05, 0) is 92.4 Å². The molecule has 0 radical (unpaired) electrons. The van der Waals surface area contributed by atoms with E-state index in [-0.39, 0.29) is 40.5 Å². The first-order valence-electron chi connectivity index (χ1n) is 12.6. The number of allylic oxidation sites excluding steroid dienone is 1. The Bertz CT molecular complexity index is 800. The fourth-order valence-corrected chi connectivity index (χ4v) is 8.48. The SMILES string of the molecule is C[C@]12CC(OC3CCCCO3)C(=O)C=C1CCC1C2[C@@H](O)C[C@@]2(C)C1CC[C@@H]2C(=O)CO. The van der Waals surface area contributed by atoms with Crippen LogP contribution >= 0.6 is 0 Å². The predicted molar refractivity (Wildman–Crippen MR) is 118 cm³/mol. The van der Waals surface area contributed by atoms with E-state index in [1.54, 1.807) is 6.08 Å². The van der Waals surface area contributed by atoms with E-state index in [2.05, 4.69) is 13.8 Å². The van der Waals surface area contributed by atoms with Crippen molar-refractivity contribution < 1.29 is 29.3 Å². The van der Waals surface area contributed by atoms with Crippen LogP contribution < -0.4 is 0 Å². The molecule has 0 bridgehead atoms. The van der Waals surface area contributed by atoms with Gasteiger partial charge < -0.3 is 19.7 Å². The monoisotopic (exact) mass is 446 g/mol. The lowest BCUT2D eigenvalue weighted by Gasteiger charge is -2.60. The van der Waals surface area contributed by atoms with Gasteiger partial charge in [-0.1, -0.05) is 19.4 Å². The van der Waals surface area contributed by atoms with Crippen LogP contribution in [0.3, 0.4) is 0 Å². The zero-order chi connectivity index (χ0) is 22.7. The molecule has 2 N–H and O–H groups in total. The fraction of sp³-hybridized carbons (Fsp3) is 0.846. The number of hydrogen-bond donors (Lipinski definition) is 2. The molecule has 6 heteroatoms. The van der Waals surface area contributed by atoms with Crippen molar-refractivity contribution in [3.8, 4) is 0 Å². The Morgan fingerprint density at radius 3 is 2.72 bits per heavy atom. The van der Waals surface area contributed by atoms with Gasteiger partial charge in [0.1, 0.15) is 12.7 Å². The highest BCUT2D eigenvalue weighted by Gasteiger charge is 2.63. The second kappa shape index (κ2) is 8.30. The third-order valence-corrected chi connectivity index (χ3v) is 9.91. The molecule has 178 valence electrons. The molecule has 1 aliphatic heterocycles. The van der Waals surface area contributed by atoms with Crippen molar-refractivity contribution in [2.45, 2.75) is 90.1 Å². The predicted octanol–water partition coefficient (Wildman–Crippen LogP) is 3.19. The Balaban J connectivity index is 1.41. The number of rotatable bonds is 4. The van der Waals surface area contributed by atoms with E-state index in [0.717, 1.165) is 50.5 Å². The first-order chi connectivity index (χ1) is 15.3. The second-order valence-electron chi connectivity index (χ2n) is 11.5. The molecule has 5 rings (SSSR count). The number of fused-ring (bicyclic) bond motifs is 5. The van der Waals surface area contributed by atoms with Gasteiger partial charge >= 0.3 is 0 Å². The molecule has 0 aromatic carbocycles. The summed E-state index contributed by atoms with van der Waals surface area (Å²) in [4.78, 5) is 25.4. The van der Waals surface area contributed by atoms with Crippen LogP contribution in [0.5, 0.6) is 0 Å². The summed E-state index contributed by atoms with van der Waals surface area (Å²) >= 11 is 0. The van der Waals surface area contributed by atoms with Crippen molar-refractivity contribution in [3.63, 3.8) is 0 Å². The van der Waals surface area contributed by atoms with E-state index in [9.17, 15) is 19.8 Å².